The van der Waals surface area contributed by atoms with E-state index in [-0.39, 0.29) is 11.8 Å². The number of nitrogens with one attached hydrogen (secondary N) is 1. The zero-order chi connectivity index (χ0) is 16.9. The van der Waals surface area contributed by atoms with E-state index in [1.807, 2.05) is 54.6 Å². The van der Waals surface area contributed by atoms with Crippen molar-refractivity contribution >= 4 is 17.5 Å². The van der Waals surface area contributed by atoms with E-state index in [9.17, 15) is 9.59 Å². The molecule has 0 saturated heterocycles. The normalized spacial score (nSPS) is 14.0. The maximum absolute atomic E-state index is 12.4. The molecule has 0 fully saturated rings. The highest BCUT2D eigenvalue weighted by molar-refractivity contribution is 6.17. The Labute approximate surface area is 141 Å². The summed E-state index contributed by atoms with van der Waals surface area (Å²) in [6, 6.07) is 17.7. The number of rotatable bonds is 6. The second-order valence-corrected chi connectivity index (χ2v) is 5.76. The molecule has 0 saturated carbocycles. The minimum Gasteiger partial charge on any atom is -0.351 e. The van der Waals surface area contributed by atoms with Crippen molar-refractivity contribution in [3.8, 4) is 0 Å². The number of anilines is 1. The lowest BCUT2D eigenvalue weighted by Gasteiger charge is -2.15. The molecule has 0 spiro atoms. The van der Waals surface area contributed by atoms with Crippen LogP contribution in [0.4, 0.5) is 5.69 Å². The minimum atomic E-state index is -0.268. The summed E-state index contributed by atoms with van der Waals surface area (Å²) in [7, 11) is 0. The van der Waals surface area contributed by atoms with Gasteiger partial charge in [-0.25, -0.2) is 0 Å². The average molecular weight is 320 g/mol. The van der Waals surface area contributed by atoms with Crippen molar-refractivity contribution in [3.05, 3.63) is 77.5 Å². The lowest BCUT2D eigenvalue weighted by molar-refractivity contribution is -0.137. The highest BCUT2D eigenvalue weighted by Crippen LogP contribution is 2.18. The molecule has 4 nitrogen and oxygen atoms in total. The van der Waals surface area contributed by atoms with Gasteiger partial charge in [0, 0.05) is 18.3 Å². The van der Waals surface area contributed by atoms with E-state index < -0.39 is 0 Å². The number of carbonyl (C=O) groups is 2. The number of imide groups is 1. The van der Waals surface area contributed by atoms with Crippen molar-refractivity contribution in [3.63, 3.8) is 0 Å². The molecule has 2 aromatic carbocycles. The molecule has 1 N–H and O–H groups in total. The van der Waals surface area contributed by atoms with Crippen LogP contribution in [-0.2, 0) is 22.4 Å². The van der Waals surface area contributed by atoms with Crippen LogP contribution >= 0.6 is 0 Å². The number of hydrogen-bond donors (Lipinski definition) is 1. The number of nitrogens with zero attached hydrogens (tertiary/aromatic N) is 1. The van der Waals surface area contributed by atoms with Crippen molar-refractivity contribution in [1.82, 2.24) is 4.90 Å². The zero-order valence-electron chi connectivity index (χ0n) is 13.7. The molecule has 0 atom stereocenters. The maximum Gasteiger partial charge on any atom is 0.277 e. The highest BCUT2D eigenvalue weighted by Gasteiger charge is 2.30. The Morgan fingerprint density at radius 2 is 1.62 bits per heavy atom. The van der Waals surface area contributed by atoms with Crippen molar-refractivity contribution < 1.29 is 9.59 Å². The van der Waals surface area contributed by atoms with E-state index in [1.54, 1.807) is 0 Å². The average Bonchev–Trinajstić information content (AvgIpc) is 2.88. The van der Waals surface area contributed by atoms with Crippen molar-refractivity contribution in [2.24, 2.45) is 0 Å². The van der Waals surface area contributed by atoms with Gasteiger partial charge in [0.05, 0.1) is 0 Å². The van der Waals surface area contributed by atoms with Crippen LogP contribution in [0.3, 0.4) is 0 Å². The number of amides is 2. The summed E-state index contributed by atoms with van der Waals surface area (Å²) >= 11 is 0. The van der Waals surface area contributed by atoms with Gasteiger partial charge in [0.25, 0.3) is 11.8 Å². The van der Waals surface area contributed by atoms with Crippen molar-refractivity contribution in [1.29, 1.82) is 0 Å². The summed E-state index contributed by atoms with van der Waals surface area (Å²) in [5.74, 6) is -0.529. The second kappa shape index (κ2) is 7.13. The monoisotopic (exact) mass is 320 g/mol. The predicted molar refractivity (Wildman–Crippen MR) is 94.4 cm³/mol. The van der Waals surface area contributed by atoms with E-state index in [1.165, 1.54) is 16.5 Å². The predicted octanol–water partition coefficient (Wildman–Crippen LogP) is 3.16. The molecule has 3 rings (SSSR count). The van der Waals surface area contributed by atoms with Gasteiger partial charge in [-0.15, -0.1) is 0 Å². The Bertz CT molecular complexity index is 764. The first-order valence-corrected chi connectivity index (χ1v) is 8.15. The smallest absolute Gasteiger partial charge is 0.277 e. The van der Waals surface area contributed by atoms with Gasteiger partial charge in [0.1, 0.15) is 5.70 Å². The van der Waals surface area contributed by atoms with Gasteiger partial charge < -0.3 is 5.32 Å². The fourth-order valence-corrected chi connectivity index (χ4v) is 2.67. The first-order valence-electron chi connectivity index (χ1n) is 8.15. The Kier molecular flexibility index (Phi) is 4.75. The summed E-state index contributed by atoms with van der Waals surface area (Å²) in [6.07, 6.45) is 3.00. The van der Waals surface area contributed by atoms with Gasteiger partial charge in [-0.1, -0.05) is 49.4 Å². The van der Waals surface area contributed by atoms with Crippen LogP contribution in [0.25, 0.3) is 0 Å². The summed E-state index contributed by atoms with van der Waals surface area (Å²) in [6.45, 7) is 2.48. The lowest BCUT2D eigenvalue weighted by Crippen LogP contribution is -2.33. The summed E-state index contributed by atoms with van der Waals surface area (Å²) in [4.78, 5) is 25.8. The fourth-order valence-electron chi connectivity index (χ4n) is 2.67. The van der Waals surface area contributed by atoms with E-state index in [4.69, 9.17) is 0 Å². The molecule has 0 radical (unpaired) electrons. The van der Waals surface area contributed by atoms with Crippen LogP contribution < -0.4 is 5.32 Å². The van der Waals surface area contributed by atoms with Gasteiger partial charge in [0.15, 0.2) is 0 Å². The molecule has 24 heavy (non-hydrogen) atoms. The molecule has 2 amide bonds. The zero-order valence-corrected chi connectivity index (χ0v) is 13.7. The Morgan fingerprint density at radius 3 is 2.29 bits per heavy atom. The van der Waals surface area contributed by atoms with Crippen LogP contribution in [0.1, 0.15) is 18.1 Å². The molecule has 2 aromatic rings. The summed E-state index contributed by atoms with van der Waals surface area (Å²) in [5.41, 5.74) is 3.48. The third kappa shape index (κ3) is 3.54. The van der Waals surface area contributed by atoms with E-state index >= 15 is 0 Å². The molecular weight excluding hydrogens is 300 g/mol. The maximum atomic E-state index is 12.4. The number of benzene rings is 2. The summed E-state index contributed by atoms with van der Waals surface area (Å²) in [5, 5.41) is 3.05. The number of carbonyl (C=O) groups excluding carboxylic acids is 2. The Balaban J connectivity index is 1.63. The van der Waals surface area contributed by atoms with Gasteiger partial charge >= 0.3 is 0 Å². The molecule has 0 bridgehead atoms. The Morgan fingerprint density at radius 1 is 0.917 bits per heavy atom. The topological polar surface area (TPSA) is 49.4 Å². The molecule has 1 aliphatic heterocycles. The van der Waals surface area contributed by atoms with Crippen LogP contribution in [0, 0.1) is 0 Å². The number of hydrogen-bond acceptors (Lipinski definition) is 3. The molecule has 4 heteroatoms. The van der Waals surface area contributed by atoms with E-state index in [2.05, 4.69) is 12.2 Å². The standard InChI is InChI=1S/C20H20N2O2/c1-2-15-8-10-17(11-9-15)21-18-14-19(23)22(20(18)24)13-12-16-6-4-3-5-7-16/h3-11,14,21H,2,12-13H2,1H3. The van der Waals surface area contributed by atoms with Crippen LogP contribution in [0.15, 0.2) is 66.4 Å². The molecular formula is C20H20N2O2. The molecule has 1 aliphatic rings. The first kappa shape index (κ1) is 16.0. The molecule has 122 valence electrons. The van der Waals surface area contributed by atoms with E-state index in [0.29, 0.717) is 18.7 Å². The van der Waals surface area contributed by atoms with Gasteiger partial charge in [-0.2, -0.15) is 0 Å². The highest BCUT2D eigenvalue weighted by atomic mass is 16.2. The van der Waals surface area contributed by atoms with Crippen LogP contribution in [0.5, 0.6) is 0 Å². The largest absolute Gasteiger partial charge is 0.351 e. The quantitative estimate of drug-likeness (QED) is 0.832. The SMILES string of the molecule is CCc1ccc(NC2=CC(=O)N(CCc3ccccc3)C2=O)cc1. The van der Waals surface area contributed by atoms with Gasteiger partial charge in [-0.05, 0) is 36.1 Å². The molecule has 1 heterocycles. The second-order valence-electron chi connectivity index (χ2n) is 5.76. The molecule has 0 aliphatic carbocycles. The molecule has 0 unspecified atom stereocenters. The van der Waals surface area contributed by atoms with Crippen LogP contribution in [-0.4, -0.2) is 23.3 Å². The van der Waals surface area contributed by atoms with Crippen molar-refractivity contribution in [2.75, 3.05) is 11.9 Å². The number of aryl methyl sites for hydroxylation is 1. The fraction of sp³-hybridized carbons (Fsp3) is 0.200. The Hall–Kier alpha value is -2.88. The van der Waals surface area contributed by atoms with Crippen LogP contribution in [0.2, 0.25) is 0 Å². The molecule has 0 aromatic heterocycles. The van der Waals surface area contributed by atoms with E-state index in [0.717, 1.165) is 17.7 Å². The third-order valence-corrected chi connectivity index (χ3v) is 4.12. The lowest BCUT2D eigenvalue weighted by atomic mass is 10.1. The summed E-state index contributed by atoms with van der Waals surface area (Å²) < 4.78 is 0. The first-order chi connectivity index (χ1) is 11.7. The third-order valence-electron chi connectivity index (χ3n) is 4.12. The van der Waals surface area contributed by atoms with Gasteiger partial charge in [-0.3, -0.25) is 14.5 Å². The minimum absolute atomic E-state index is 0.261. The van der Waals surface area contributed by atoms with Gasteiger partial charge in [0.2, 0.25) is 0 Å². The van der Waals surface area contributed by atoms with Crippen molar-refractivity contribution in [2.45, 2.75) is 19.8 Å².